The quantitative estimate of drug-likeness (QED) is 0.0345. The number of allylic oxidation sites excluding steroid dienone is 6. The van der Waals surface area contributed by atoms with E-state index in [2.05, 4.69) is 57.2 Å². The predicted octanol–water partition coefficient (Wildman–Crippen LogP) is 20.9. The highest BCUT2D eigenvalue weighted by atomic mass is 16.6. The van der Waals surface area contributed by atoms with Gasteiger partial charge in [-0.15, -0.1) is 0 Å². The molecule has 1 unspecified atom stereocenters. The third-order valence-corrected chi connectivity index (χ3v) is 13.6. The molecular formula is C63H118O5. The molecule has 0 heterocycles. The molecule has 1 atom stereocenters. The van der Waals surface area contributed by atoms with Crippen LogP contribution < -0.4 is 0 Å². The van der Waals surface area contributed by atoms with E-state index in [9.17, 15) is 9.59 Å². The Morgan fingerprint density at radius 2 is 0.618 bits per heavy atom. The zero-order valence-corrected chi connectivity index (χ0v) is 46.1. The minimum atomic E-state index is -0.537. The number of hydrogen-bond donors (Lipinski definition) is 0. The topological polar surface area (TPSA) is 61.8 Å². The molecule has 0 spiro atoms. The first kappa shape index (κ1) is 66.1. The number of hydrogen-bond acceptors (Lipinski definition) is 5. The highest BCUT2D eigenvalue weighted by Gasteiger charge is 2.17. The molecule has 5 nitrogen and oxygen atoms in total. The first-order valence-electron chi connectivity index (χ1n) is 30.5. The molecule has 0 amide bonds. The Kier molecular flexibility index (Phi) is 57.8. The Balaban J connectivity index is 4.24. The summed E-state index contributed by atoms with van der Waals surface area (Å²) in [4.78, 5) is 25.6. The van der Waals surface area contributed by atoms with E-state index < -0.39 is 6.10 Å². The van der Waals surface area contributed by atoms with Crippen molar-refractivity contribution in [2.24, 2.45) is 0 Å². The van der Waals surface area contributed by atoms with Gasteiger partial charge in [0, 0.05) is 19.4 Å². The van der Waals surface area contributed by atoms with E-state index in [1.165, 1.54) is 250 Å². The molecule has 0 bridgehead atoms. The average molecular weight is 956 g/mol. The summed E-state index contributed by atoms with van der Waals surface area (Å²) < 4.78 is 17.5. The van der Waals surface area contributed by atoms with Crippen molar-refractivity contribution < 1.29 is 23.8 Å². The van der Waals surface area contributed by atoms with E-state index in [-0.39, 0.29) is 25.2 Å². The Labute approximate surface area is 425 Å². The normalized spacial score (nSPS) is 12.3. The molecule has 0 saturated heterocycles. The van der Waals surface area contributed by atoms with Gasteiger partial charge in [0.2, 0.25) is 0 Å². The molecule has 400 valence electrons. The van der Waals surface area contributed by atoms with Crippen LogP contribution in [0, 0.1) is 0 Å². The Morgan fingerprint density at radius 1 is 0.324 bits per heavy atom. The molecule has 0 aromatic rings. The summed E-state index contributed by atoms with van der Waals surface area (Å²) in [6.45, 7) is 7.85. The molecule has 0 aliphatic carbocycles. The molecule has 0 saturated carbocycles. The van der Waals surface area contributed by atoms with Crippen LogP contribution in [0.15, 0.2) is 36.5 Å². The van der Waals surface area contributed by atoms with Gasteiger partial charge >= 0.3 is 11.9 Å². The van der Waals surface area contributed by atoms with Crippen molar-refractivity contribution in [2.75, 3.05) is 19.8 Å². The van der Waals surface area contributed by atoms with E-state index in [0.29, 0.717) is 19.4 Å². The lowest BCUT2D eigenvalue weighted by atomic mass is 10.0. The second-order valence-electron chi connectivity index (χ2n) is 20.6. The van der Waals surface area contributed by atoms with Crippen molar-refractivity contribution in [3.05, 3.63) is 36.5 Å². The molecule has 0 N–H and O–H groups in total. The van der Waals surface area contributed by atoms with Crippen molar-refractivity contribution >= 4 is 11.9 Å². The van der Waals surface area contributed by atoms with Gasteiger partial charge in [0.05, 0.1) is 6.61 Å². The molecule has 0 rings (SSSR count). The van der Waals surface area contributed by atoms with Crippen LogP contribution in [-0.2, 0) is 23.8 Å². The fraction of sp³-hybridized carbons (Fsp3) is 0.873. The smallest absolute Gasteiger partial charge is 0.306 e. The summed E-state index contributed by atoms with van der Waals surface area (Å²) in [7, 11) is 0. The van der Waals surface area contributed by atoms with Gasteiger partial charge in [-0.1, -0.05) is 276 Å². The van der Waals surface area contributed by atoms with Crippen LogP contribution in [0.3, 0.4) is 0 Å². The molecule has 68 heavy (non-hydrogen) atoms. The van der Waals surface area contributed by atoms with Gasteiger partial charge in [0.1, 0.15) is 6.61 Å². The summed E-state index contributed by atoms with van der Waals surface area (Å²) >= 11 is 0. The lowest BCUT2D eigenvalue weighted by Gasteiger charge is -2.18. The molecule has 0 aliphatic heterocycles. The van der Waals surface area contributed by atoms with Crippen molar-refractivity contribution in [1.82, 2.24) is 0 Å². The van der Waals surface area contributed by atoms with E-state index in [4.69, 9.17) is 14.2 Å². The minimum Gasteiger partial charge on any atom is -0.462 e. The van der Waals surface area contributed by atoms with Gasteiger partial charge in [-0.3, -0.25) is 9.59 Å². The monoisotopic (exact) mass is 955 g/mol. The lowest BCUT2D eigenvalue weighted by molar-refractivity contribution is -0.163. The van der Waals surface area contributed by atoms with Crippen LogP contribution in [0.5, 0.6) is 0 Å². The minimum absolute atomic E-state index is 0.0863. The van der Waals surface area contributed by atoms with Gasteiger partial charge in [0.15, 0.2) is 6.10 Å². The zero-order chi connectivity index (χ0) is 49.2. The summed E-state index contributed by atoms with van der Waals surface area (Å²) in [5, 5.41) is 0. The number of ether oxygens (including phenoxy) is 3. The lowest BCUT2D eigenvalue weighted by Crippen LogP contribution is -2.30. The van der Waals surface area contributed by atoms with Gasteiger partial charge in [-0.25, -0.2) is 0 Å². The highest BCUT2D eigenvalue weighted by Crippen LogP contribution is 2.17. The SMILES string of the molecule is CCCCC/C=C\C/C=C\CCCCCCCCCCCC(=O)OCC(COCCCCCCCC/C=C\CCCCCCCC)OC(=O)CCCCCCCCCCCCCCCCCCC. The Morgan fingerprint density at radius 3 is 1.01 bits per heavy atom. The summed E-state index contributed by atoms with van der Waals surface area (Å²) in [6.07, 6.45) is 73.1. The summed E-state index contributed by atoms with van der Waals surface area (Å²) in [5.41, 5.74) is 0. The maximum atomic E-state index is 12.9. The van der Waals surface area contributed by atoms with Crippen LogP contribution in [0.25, 0.3) is 0 Å². The second-order valence-corrected chi connectivity index (χ2v) is 20.6. The van der Waals surface area contributed by atoms with E-state index in [0.717, 1.165) is 44.9 Å². The molecule has 0 aromatic carbocycles. The Hall–Kier alpha value is -1.88. The van der Waals surface area contributed by atoms with Crippen molar-refractivity contribution in [2.45, 2.75) is 335 Å². The Bertz CT molecular complexity index is 1080. The summed E-state index contributed by atoms with van der Waals surface area (Å²) in [5.74, 6) is -0.384. The maximum Gasteiger partial charge on any atom is 0.306 e. The van der Waals surface area contributed by atoms with E-state index in [1.807, 2.05) is 0 Å². The highest BCUT2D eigenvalue weighted by molar-refractivity contribution is 5.70. The average Bonchev–Trinajstić information content (AvgIpc) is 3.34. The van der Waals surface area contributed by atoms with Crippen molar-refractivity contribution in [3.8, 4) is 0 Å². The fourth-order valence-corrected chi connectivity index (χ4v) is 9.07. The second kappa shape index (κ2) is 59.4. The fourth-order valence-electron chi connectivity index (χ4n) is 9.07. The zero-order valence-electron chi connectivity index (χ0n) is 46.1. The number of carbonyl (C=O) groups excluding carboxylic acids is 2. The molecule has 0 radical (unpaired) electrons. The maximum absolute atomic E-state index is 12.9. The van der Waals surface area contributed by atoms with Crippen LogP contribution in [0.2, 0.25) is 0 Å². The first-order chi connectivity index (χ1) is 33.6. The molecule has 0 aliphatic rings. The third kappa shape index (κ3) is 56.7. The van der Waals surface area contributed by atoms with Crippen LogP contribution >= 0.6 is 0 Å². The van der Waals surface area contributed by atoms with Gasteiger partial charge < -0.3 is 14.2 Å². The first-order valence-corrected chi connectivity index (χ1v) is 30.5. The van der Waals surface area contributed by atoms with Crippen LogP contribution in [0.4, 0.5) is 0 Å². The van der Waals surface area contributed by atoms with Gasteiger partial charge in [-0.2, -0.15) is 0 Å². The largest absolute Gasteiger partial charge is 0.462 e. The number of esters is 2. The van der Waals surface area contributed by atoms with Crippen molar-refractivity contribution in [1.29, 1.82) is 0 Å². The predicted molar refractivity (Wildman–Crippen MR) is 298 cm³/mol. The standard InChI is InChI=1S/C63H118O5/c1-4-7-10-13-16-19-22-25-28-31-32-34-35-38-41-44-47-50-53-56-62(64)67-60-61(59-66-58-55-52-49-46-43-40-37-30-27-24-21-18-15-12-9-6-3)68-63(65)57-54-51-48-45-42-39-36-33-29-26-23-20-17-14-11-8-5-2/h16,19,25,27-28,30,61H,4-15,17-18,20-24,26,29,31-60H2,1-3H3/b19-16-,28-25-,30-27-. The van der Waals surface area contributed by atoms with Gasteiger partial charge in [-0.05, 0) is 77.0 Å². The number of unbranched alkanes of at least 4 members (excludes halogenated alkanes) is 40. The van der Waals surface area contributed by atoms with Crippen molar-refractivity contribution in [3.63, 3.8) is 0 Å². The molecule has 5 heteroatoms. The van der Waals surface area contributed by atoms with E-state index >= 15 is 0 Å². The van der Waals surface area contributed by atoms with Gasteiger partial charge in [0.25, 0.3) is 0 Å². The molecular weight excluding hydrogens is 837 g/mol. The number of carbonyl (C=O) groups is 2. The number of rotatable bonds is 57. The summed E-state index contributed by atoms with van der Waals surface area (Å²) in [6, 6.07) is 0. The molecule has 0 fully saturated rings. The molecule has 0 aromatic heterocycles. The van der Waals surface area contributed by atoms with Crippen LogP contribution in [-0.4, -0.2) is 37.9 Å². The van der Waals surface area contributed by atoms with Crippen LogP contribution in [0.1, 0.15) is 329 Å². The third-order valence-electron chi connectivity index (χ3n) is 13.6. The van der Waals surface area contributed by atoms with E-state index in [1.54, 1.807) is 0 Å².